The lowest BCUT2D eigenvalue weighted by atomic mass is 9.55. The molecule has 4 aliphatic rings. The lowest BCUT2D eigenvalue weighted by Gasteiger charge is -2.50. The summed E-state index contributed by atoms with van der Waals surface area (Å²) in [5.74, 6) is 1.60. The van der Waals surface area contributed by atoms with Gasteiger partial charge in [-0.05, 0) is 44.9 Å². The molecule has 0 unspecified atom stereocenters. The van der Waals surface area contributed by atoms with Gasteiger partial charge in [-0.1, -0.05) is 20.3 Å². The fourth-order valence-corrected chi connectivity index (χ4v) is 6.47. The van der Waals surface area contributed by atoms with Crippen molar-refractivity contribution >= 4 is 5.97 Å². The average Bonchev–Trinajstić information content (AvgIpc) is 3.17. The summed E-state index contributed by atoms with van der Waals surface area (Å²) in [6, 6.07) is 0. The largest absolute Gasteiger partial charge is 0.455 e. The third-order valence-electron chi connectivity index (χ3n) is 7.90. The minimum atomic E-state index is -0.322. The molecule has 2 saturated carbocycles. The molecule has 142 valence electrons. The first-order chi connectivity index (χ1) is 11.7. The van der Waals surface area contributed by atoms with Crippen LogP contribution >= 0.6 is 0 Å². The molecule has 4 nitrogen and oxygen atoms in total. The molecule has 2 aliphatic carbocycles. The van der Waals surface area contributed by atoms with Crippen LogP contribution in [0.5, 0.6) is 0 Å². The second-order valence-electron chi connectivity index (χ2n) is 10.2. The quantitative estimate of drug-likeness (QED) is 0.433. The molecular formula is C21H36NO3+. The number of epoxide rings is 1. The molecule has 0 radical (unpaired) electrons. The molecule has 4 heteroatoms. The molecule has 0 bridgehead atoms. The van der Waals surface area contributed by atoms with E-state index in [1.165, 1.54) is 19.3 Å². The first kappa shape index (κ1) is 17.8. The van der Waals surface area contributed by atoms with E-state index in [1.54, 1.807) is 0 Å². The number of carbonyl (C=O) groups is 1. The molecule has 0 aromatic heterocycles. The van der Waals surface area contributed by atoms with Crippen LogP contribution in [0.4, 0.5) is 0 Å². The Morgan fingerprint density at radius 2 is 1.96 bits per heavy atom. The number of rotatable bonds is 5. The molecule has 0 amide bonds. The Labute approximate surface area is 152 Å². The lowest BCUT2D eigenvalue weighted by Crippen LogP contribution is -2.59. The predicted molar refractivity (Wildman–Crippen MR) is 97.0 cm³/mol. The second kappa shape index (κ2) is 5.69. The van der Waals surface area contributed by atoms with Crippen molar-refractivity contribution in [3.63, 3.8) is 0 Å². The standard InChI is InChI=1S/C21H36NO3/c1-6-7-12-22(4,5)13-15-17-9-8-14(2)16-10-11-20(3)19(25-20)21(16,17)24-18(15)23/h14-17,19H,6-13H2,1-5H3/q+1/t14-,15+,16+,17-,19-,20-,21-/m1/s1. The SMILES string of the molecule is CCCC[N+](C)(C)C[C@@H]1C(=O)O[C@@]23[C@@H]1CC[C@@H](C)[C@@H]2CC[C@@]1(C)O[C@@H]31. The lowest BCUT2D eigenvalue weighted by molar-refractivity contribution is -0.893. The molecule has 4 rings (SSSR count). The Bertz CT molecular complexity index is 561. The maximum atomic E-state index is 13.0. The summed E-state index contributed by atoms with van der Waals surface area (Å²) in [4.78, 5) is 13.0. The van der Waals surface area contributed by atoms with Crippen LogP contribution in [-0.4, -0.2) is 54.9 Å². The Morgan fingerprint density at radius 3 is 2.68 bits per heavy atom. The first-order valence-electron chi connectivity index (χ1n) is 10.5. The molecule has 7 atom stereocenters. The fourth-order valence-electron chi connectivity index (χ4n) is 6.47. The van der Waals surface area contributed by atoms with Crippen LogP contribution in [0.2, 0.25) is 0 Å². The molecule has 0 aromatic rings. The van der Waals surface area contributed by atoms with Gasteiger partial charge in [0.25, 0.3) is 0 Å². The van der Waals surface area contributed by atoms with Gasteiger partial charge in [-0.15, -0.1) is 0 Å². The van der Waals surface area contributed by atoms with Crippen LogP contribution in [0.25, 0.3) is 0 Å². The third kappa shape index (κ3) is 2.58. The zero-order chi connectivity index (χ0) is 18.0. The van der Waals surface area contributed by atoms with Gasteiger partial charge in [0, 0.05) is 11.8 Å². The van der Waals surface area contributed by atoms with E-state index in [9.17, 15) is 4.79 Å². The topological polar surface area (TPSA) is 38.8 Å². The zero-order valence-corrected chi connectivity index (χ0v) is 16.7. The predicted octanol–water partition coefficient (Wildman–Crippen LogP) is 3.39. The highest BCUT2D eigenvalue weighted by molar-refractivity contribution is 5.77. The smallest absolute Gasteiger partial charge is 0.315 e. The van der Waals surface area contributed by atoms with Gasteiger partial charge >= 0.3 is 5.97 Å². The van der Waals surface area contributed by atoms with Gasteiger partial charge in [0.15, 0.2) is 0 Å². The molecule has 1 spiro atoms. The summed E-state index contributed by atoms with van der Waals surface area (Å²) in [7, 11) is 4.55. The number of carbonyl (C=O) groups excluding carboxylic acids is 1. The molecule has 2 saturated heterocycles. The van der Waals surface area contributed by atoms with Crippen molar-refractivity contribution in [1.82, 2.24) is 0 Å². The minimum Gasteiger partial charge on any atom is -0.455 e. The van der Waals surface area contributed by atoms with Crippen molar-refractivity contribution in [1.29, 1.82) is 0 Å². The van der Waals surface area contributed by atoms with E-state index in [-0.39, 0.29) is 29.2 Å². The average molecular weight is 351 g/mol. The van der Waals surface area contributed by atoms with Gasteiger partial charge in [-0.25, -0.2) is 0 Å². The highest BCUT2D eigenvalue weighted by atomic mass is 16.7. The maximum absolute atomic E-state index is 13.0. The van der Waals surface area contributed by atoms with E-state index in [1.807, 2.05) is 0 Å². The summed E-state index contributed by atoms with van der Waals surface area (Å²) in [6.45, 7) is 8.87. The van der Waals surface area contributed by atoms with Gasteiger partial charge in [0.2, 0.25) is 0 Å². The number of quaternary nitrogens is 1. The van der Waals surface area contributed by atoms with Crippen molar-refractivity contribution in [2.75, 3.05) is 27.2 Å². The van der Waals surface area contributed by atoms with Gasteiger partial charge in [-0.2, -0.15) is 0 Å². The van der Waals surface area contributed by atoms with Crippen LogP contribution in [0.3, 0.4) is 0 Å². The molecular weight excluding hydrogens is 314 g/mol. The van der Waals surface area contributed by atoms with Crippen LogP contribution < -0.4 is 0 Å². The highest BCUT2D eigenvalue weighted by Crippen LogP contribution is 2.66. The summed E-state index contributed by atoms with van der Waals surface area (Å²) >= 11 is 0. The monoisotopic (exact) mass is 350 g/mol. The summed E-state index contributed by atoms with van der Waals surface area (Å²) < 4.78 is 13.5. The molecule has 4 fully saturated rings. The zero-order valence-electron chi connectivity index (χ0n) is 16.7. The van der Waals surface area contributed by atoms with Gasteiger partial charge < -0.3 is 14.0 Å². The Hall–Kier alpha value is -0.610. The Kier molecular flexibility index (Phi) is 4.05. The fraction of sp³-hybridized carbons (Fsp3) is 0.952. The van der Waals surface area contributed by atoms with Crippen molar-refractivity contribution < 1.29 is 18.8 Å². The number of hydrogen-bond acceptors (Lipinski definition) is 3. The van der Waals surface area contributed by atoms with E-state index >= 15 is 0 Å². The van der Waals surface area contributed by atoms with Crippen molar-refractivity contribution in [3.05, 3.63) is 0 Å². The van der Waals surface area contributed by atoms with Gasteiger partial charge in [-0.3, -0.25) is 4.79 Å². The van der Waals surface area contributed by atoms with Gasteiger partial charge in [0.05, 0.1) is 32.8 Å². The summed E-state index contributed by atoms with van der Waals surface area (Å²) in [5, 5.41) is 0. The second-order valence-corrected chi connectivity index (χ2v) is 10.2. The van der Waals surface area contributed by atoms with E-state index < -0.39 is 0 Å². The number of fused-ring (bicyclic) bond motifs is 1. The number of unbranched alkanes of at least 4 members (excludes halogenated alkanes) is 1. The summed E-state index contributed by atoms with van der Waals surface area (Å²) in [6.07, 6.45) is 7.20. The normalized spacial score (nSPS) is 48.4. The molecule has 25 heavy (non-hydrogen) atoms. The van der Waals surface area contributed by atoms with E-state index in [0.717, 1.165) is 36.8 Å². The van der Waals surface area contributed by atoms with Crippen LogP contribution in [0, 0.1) is 23.7 Å². The molecule has 2 heterocycles. The Balaban J connectivity index is 1.61. The molecule has 0 N–H and O–H groups in total. The van der Waals surface area contributed by atoms with Crippen LogP contribution in [-0.2, 0) is 14.3 Å². The highest BCUT2D eigenvalue weighted by Gasteiger charge is 2.77. The first-order valence-corrected chi connectivity index (χ1v) is 10.5. The van der Waals surface area contributed by atoms with Crippen molar-refractivity contribution in [2.24, 2.45) is 23.7 Å². The van der Waals surface area contributed by atoms with E-state index in [4.69, 9.17) is 9.47 Å². The third-order valence-corrected chi connectivity index (χ3v) is 7.90. The summed E-state index contributed by atoms with van der Waals surface area (Å²) in [5.41, 5.74) is -0.356. The van der Waals surface area contributed by atoms with Crippen molar-refractivity contribution in [2.45, 2.75) is 76.6 Å². The number of esters is 1. The Morgan fingerprint density at radius 1 is 1.20 bits per heavy atom. The number of ether oxygens (including phenoxy) is 2. The number of hydrogen-bond donors (Lipinski definition) is 0. The van der Waals surface area contributed by atoms with E-state index in [0.29, 0.717) is 17.8 Å². The van der Waals surface area contributed by atoms with Crippen LogP contribution in [0.1, 0.15) is 59.3 Å². The molecule has 0 aromatic carbocycles. The van der Waals surface area contributed by atoms with Crippen molar-refractivity contribution in [3.8, 4) is 0 Å². The minimum absolute atomic E-state index is 0.0342. The number of nitrogens with zero attached hydrogens (tertiary/aromatic N) is 1. The van der Waals surface area contributed by atoms with Crippen LogP contribution in [0.15, 0.2) is 0 Å². The maximum Gasteiger partial charge on any atom is 0.315 e. The van der Waals surface area contributed by atoms with Gasteiger partial charge in [0.1, 0.15) is 17.6 Å². The van der Waals surface area contributed by atoms with E-state index in [2.05, 4.69) is 34.9 Å². The molecule has 2 aliphatic heterocycles.